The molecule has 7 nitrogen and oxygen atoms in total. The number of benzene rings is 2. The molecule has 188 valence electrons. The van der Waals surface area contributed by atoms with E-state index < -0.39 is 0 Å². The van der Waals surface area contributed by atoms with E-state index in [-0.39, 0.29) is 42.8 Å². The number of methoxy groups -OCH3 is 2. The van der Waals surface area contributed by atoms with Crippen LogP contribution in [-0.2, 0) is 6.54 Å². The average Bonchev–Trinajstić information content (AvgIpc) is 3.10. The van der Waals surface area contributed by atoms with Crippen molar-refractivity contribution >= 4 is 42.9 Å². The molecule has 0 aliphatic carbocycles. The number of piperazine rings is 1. The monoisotopic (exact) mass is 530 g/mol. The van der Waals surface area contributed by atoms with Crippen molar-refractivity contribution in [3.63, 3.8) is 0 Å². The zero-order valence-corrected chi connectivity index (χ0v) is 22.1. The van der Waals surface area contributed by atoms with Gasteiger partial charge >= 0.3 is 0 Å². The van der Waals surface area contributed by atoms with Gasteiger partial charge < -0.3 is 14.4 Å². The highest BCUT2D eigenvalue weighted by molar-refractivity contribution is 5.86. The number of halogens is 3. The summed E-state index contributed by atoms with van der Waals surface area (Å²) in [6.07, 6.45) is 0. The van der Waals surface area contributed by atoms with Crippen molar-refractivity contribution < 1.29 is 9.47 Å². The molecule has 0 saturated carbocycles. The van der Waals surface area contributed by atoms with Gasteiger partial charge in [-0.3, -0.25) is 14.4 Å². The number of hydrogen-bond acceptors (Lipinski definition) is 5. The van der Waals surface area contributed by atoms with Crippen molar-refractivity contribution in [3.05, 3.63) is 70.6 Å². The third-order valence-electron chi connectivity index (χ3n) is 5.90. The molecule has 0 amide bonds. The van der Waals surface area contributed by atoms with Crippen LogP contribution in [0, 0.1) is 6.92 Å². The molecule has 4 rings (SSSR count). The molecule has 1 aromatic heterocycles. The van der Waals surface area contributed by atoms with Crippen LogP contribution in [-0.4, -0.2) is 61.2 Å². The van der Waals surface area contributed by atoms with Crippen molar-refractivity contribution in [2.75, 3.05) is 51.8 Å². The van der Waals surface area contributed by atoms with Crippen LogP contribution in [0.25, 0.3) is 5.69 Å². The Kier molecular flexibility index (Phi) is 11.8. The first-order valence-electron chi connectivity index (χ1n) is 10.6. The molecule has 3 aromatic rings. The van der Waals surface area contributed by atoms with Crippen LogP contribution < -0.4 is 19.9 Å². The first kappa shape index (κ1) is 29.7. The fourth-order valence-electron chi connectivity index (χ4n) is 4.21. The summed E-state index contributed by atoms with van der Waals surface area (Å²) in [4.78, 5) is 17.3. The molecular weight excluding hydrogens is 499 g/mol. The maximum absolute atomic E-state index is 12.5. The molecule has 2 heterocycles. The van der Waals surface area contributed by atoms with Gasteiger partial charge in [0.15, 0.2) is 11.5 Å². The van der Waals surface area contributed by atoms with Gasteiger partial charge in [0.05, 0.1) is 26.5 Å². The van der Waals surface area contributed by atoms with Crippen LogP contribution in [0.2, 0.25) is 0 Å². The molecule has 34 heavy (non-hydrogen) atoms. The minimum atomic E-state index is 0. The number of aromatic nitrogens is 2. The lowest BCUT2D eigenvalue weighted by Gasteiger charge is -2.36. The zero-order valence-electron chi connectivity index (χ0n) is 19.7. The normalized spacial score (nSPS) is 13.3. The van der Waals surface area contributed by atoms with Gasteiger partial charge in [-0.25, -0.2) is 4.68 Å². The maximum atomic E-state index is 12.5. The first-order valence-corrected chi connectivity index (χ1v) is 10.6. The highest BCUT2D eigenvalue weighted by Crippen LogP contribution is 2.31. The Bertz CT molecular complexity index is 1080. The van der Waals surface area contributed by atoms with Crippen LogP contribution in [0.5, 0.6) is 11.5 Å². The second kappa shape index (κ2) is 13.5. The fourth-order valence-corrected chi connectivity index (χ4v) is 4.21. The summed E-state index contributed by atoms with van der Waals surface area (Å²) >= 11 is 0. The lowest BCUT2D eigenvalue weighted by molar-refractivity contribution is 0.240. The molecule has 1 aliphatic rings. The zero-order chi connectivity index (χ0) is 21.8. The lowest BCUT2D eigenvalue weighted by atomic mass is 10.2. The van der Waals surface area contributed by atoms with Gasteiger partial charge in [-0.05, 0) is 31.2 Å². The van der Waals surface area contributed by atoms with E-state index in [1.165, 1.54) is 0 Å². The van der Waals surface area contributed by atoms with E-state index in [0.29, 0.717) is 6.54 Å². The molecule has 1 fully saturated rings. The van der Waals surface area contributed by atoms with Gasteiger partial charge in [0, 0.05) is 56.2 Å². The van der Waals surface area contributed by atoms with Crippen molar-refractivity contribution in [1.82, 2.24) is 14.3 Å². The summed E-state index contributed by atoms with van der Waals surface area (Å²) in [5, 5.41) is 0. The van der Waals surface area contributed by atoms with E-state index in [2.05, 4.69) is 15.9 Å². The summed E-state index contributed by atoms with van der Waals surface area (Å²) in [5.74, 6) is 1.49. The predicted octanol–water partition coefficient (Wildman–Crippen LogP) is 4.05. The fraction of sp³-hybridized carbons (Fsp3) is 0.375. The Morgan fingerprint density at radius 2 is 1.41 bits per heavy atom. The van der Waals surface area contributed by atoms with Crippen LogP contribution in [0.15, 0.2) is 59.4 Å². The Labute approximate surface area is 219 Å². The van der Waals surface area contributed by atoms with Crippen LogP contribution in [0.3, 0.4) is 0 Å². The maximum Gasteiger partial charge on any atom is 0.267 e. The molecule has 0 atom stereocenters. The van der Waals surface area contributed by atoms with Gasteiger partial charge in [0.25, 0.3) is 5.56 Å². The Morgan fingerprint density at radius 1 is 0.765 bits per heavy atom. The van der Waals surface area contributed by atoms with Crippen molar-refractivity contribution in [2.24, 2.45) is 0 Å². The van der Waals surface area contributed by atoms with Gasteiger partial charge in [0.1, 0.15) is 0 Å². The molecule has 2 aromatic carbocycles. The molecule has 0 bridgehead atoms. The van der Waals surface area contributed by atoms with E-state index in [9.17, 15) is 4.79 Å². The van der Waals surface area contributed by atoms with Gasteiger partial charge in [-0.2, -0.15) is 0 Å². The van der Waals surface area contributed by atoms with Crippen molar-refractivity contribution in [2.45, 2.75) is 13.5 Å². The van der Waals surface area contributed by atoms with E-state index in [1.54, 1.807) is 20.3 Å². The number of aryl methyl sites for hydroxylation is 1. The third kappa shape index (κ3) is 6.42. The number of hydrogen-bond donors (Lipinski definition) is 0. The Balaban J connectivity index is 0.00000193. The smallest absolute Gasteiger partial charge is 0.267 e. The second-order valence-electron chi connectivity index (χ2n) is 7.76. The quantitative estimate of drug-likeness (QED) is 0.460. The van der Waals surface area contributed by atoms with Crippen LogP contribution in [0.4, 0.5) is 5.69 Å². The summed E-state index contributed by atoms with van der Waals surface area (Å²) in [6.45, 7) is 7.26. The molecule has 0 unspecified atom stereocenters. The SMILES string of the molecule is COc1ccc(N2CCN(CCn3c(=O)cc(C)n3-c3ccccc3)CC2)cc1OC.Cl.Cl.Cl. The van der Waals surface area contributed by atoms with Gasteiger partial charge in [0.2, 0.25) is 0 Å². The van der Waals surface area contributed by atoms with Crippen molar-refractivity contribution in [3.8, 4) is 17.2 Å². The van der Waals surface area contributed by atoms with E-state index in [0.717, 1.165) is 61.3 Å². The summed E-state index contributed by atoms with van der Waals surface area (Å²) in [6, 6.07) is 17.8. The minimum Gasteiger partial charge on any atom is -0.493 e. The first-order chi connectivity index (χ1) is 15.1. The standard InChI is InChI=1S/C24H30N4O3.3ClH/c1-19-17-24(29)27(28(19)20-7-5-4-6-8-20)16-13-25-11-14-26(15-12-25)21-9-10-22(30-2)23(18-21)31-3;;;/h4-10,17-18H,11-16H2,1-3H3;3*1H. The molecule has 1 aliphatic heterocycles. The van der Waals surface area contributed by atoms with Crippen LogP contribution >= 0.6 is 37.2 Å². The predicted molar refractivity (Wildman–Crippen MR) is 145 cm³/mol. The molecule has 10 heteroatoms. The van der Waals surface area contributed by atoms with E-state index in [4.69, 9.17) is 9.47 Å². The van der Waals surface area contributed by atoms with Crippen molar-refractivity contribution in [1.29, 1.82) is 0 Å². The summed E-state index contributed by atoms with van der Waals surface area (Å²) in [5.41, 5.74) is 3.15. The minimum absolute atomic E-state index is 0. The second-order valence-corrected chi connectivity index (χ2v) is 7.76. The van der Waals surface area contributed by atoms with Gasteiger partial charge in [-0.15, -0.1) is 37.2 Å². The summed E-state index contributed by atoms with van der Waals surface area (Å²) < 4.78 is 14.6. The number of para-hydroxylation sites is 1. The highest BCUT2D eigenvalue weighted by Gasteiger charge is 2.19. The number of ether oxygens (including phenoxy) is 2. The van der Waals surface area contributed by atoms with Gasteiger partial charge in [-0.1, -0.05) is 18.2 Å². The highest BCUT2D eigenvalue weighted by atomic mass is 35.5. The van der Waals surface area contributed by atoms with E-state index >= 15 is 0 Å². The lowest BCUT2D eigenvalue weighted by Crippen LogP contribution is -2.47. The molecular formula is C24H33Cl3N4O3. The topological polar surface area (TPSA) is 51.9 Å². The molecule has 1 saturated heterocycles. The number of nitrogens with zero attached hydrogens (tertiary/aromatic N) is 4. The average molecular weight is 532 g/mol. The number of rotatable bonds is 7. The summed E-state index contributed by atoms with van der Waals surface area (Å²) in [7, 11) is 3.31. The molecule has 0 spiro atoms. The molecule has 0 N–H and O–H groups in total. The Morgan fingerprint density at radius 3 is 2.03 bits per heavy atom. The van der Waals surface area contributed by atoms with Crippen LogP contribution in [0.1, 0.15) is 5.69 Å². The largest absolute Gasteiger partial charge is 0.493 e. The third-order valence-corrected chi connectivity index (χ3v) is 5.90. The number of anilines is 1. The molecule has 0 radical (unpaired) electrons. The Hall–Kier alpha value is -2.32. The van der Waals surface area contributed by atoms with E-state index in [1.807, 2.05) is 58.8 Å².